The van der Waals surface area contributed by atoms with Crippen molar-refractivity contribution in [1.29, 1.82) is 0 Å². The van der Waals surface area contributed by atoms with Crippen LogP contribution in [0.2, 0.25) is 0 Å². The number of carbonyl (C=O) groups is 1. The number of ether oxygens (including phenoxy) is 1. The van der Waals surface area contributed by atoms with Crippen molar-refractivity contribution in [2.45, 2.75) is 44.8 Å². The molecule has 3 heterocycles. The summed E-state index contributed by atoms with van der Waals surface area (Å²) in [4.78, 5) is 26.9. The molecule has 1 saturated carbocycles. The Bertz CT molecular complexity index is 1150. The van der Waals surface area contributed by atoms with Crippen LogP contribution in [-0.2, 0) is 16.1 Å². The molecule has 1 aromatic carbocycles. The number of hydrogen-bond donors (Lipinski definition) is 2. The van der Waals surface area contributed by atoms with E-state index in [0.29, 0.717) is 13.1 Å². The quantitative estimate of drug-likeness (QED) is 0.651. The van der Waals surface area contributed by atoms with Crippen molar-refractivity contribution in [1.82, 2.24) is 4.98 Å². The van der Waals surface area contributed by atoms with E-state index in [1.165, 1.54) is 0 Å². The molecule has 0 unspecified atom stereocenters. The molecule has 3 aliphatic rings. The Hall–Kier alpha value is -3.39. The second-order valence-electron chi connectivity index (χ2n) is 9.58. The van der Waals surface area contributed by atoms with Crippen LogP contribution in [0.15, 0.2) is 52.8 Å². The number of amides is 1. The number of nitrogens with one attached hydrogen (secondary N) is 1. The lowest BCUT2D eigenvalue weighted by Crippen LogP contribution is -2.38. The minimum atomic E-state index is 0.00112. The molecular formula is C27H34N6O2. The Morgan fingerprint density at radius 1 is 1.23 bits per heavy atom. The van der Waals surface area contributed by atoms with Gasteiger partial charge in [0.15, 0.2) is 0 Å². The molecule has 2 aliphatic heterocycles. The minimum Gasteiger partial charge on any atom is -0.402 e. The zero-order chi connectivity index (χ0) is 24.4. The summed E-state index contributed by atoms with van der Waals surface area (Å²) in [7, 11) is 3.53. The third-order valence-electron chi connectivity index (χ3n) is 7.44. The summed E-state index contributed by atoms with van der Waals surface area (Å²) in [6.45, 7) is 2.03. The van der Waals surface area contributed by atoms with Crippen molar-refractivity contribution in [3.8, 4) is 0 Å². The topological polar surface area (TPSA) is 96.1 Å². The van der Waals surface area contributed by atoms with Crippen molar-refractivity contribution in [3.05, 3.63) is 53.4 Å². The van der Waals surface area contributed by atoms with Gasteiger partial charge in [0.25, 0.3) is 0 Å². The molecule has 3 N–H and O–H groups in total. The number of pyridine rings is 1. The number of anilines is 4. The summed E-state index contributed by atoms with van der Waals surface area (Å²) in [5.41, 5.74) is 12.1. The van der Waals surface area contributed by atoms with Gasteiger partial charge in [-0.2, -0.15) is 0 Å². The lowest BCUT2D eigenvalue weighted by molar-refractivity contribution is -0.124. The van der Waals surface area contributed by atoms with E-state index < -0.39 is 0 Å². The van der Waals surface area contributed by atoms with Crippen molar-refractivity contribution < 1.29 is 9.53 Å². The molecule has 184 valence electrons. The molecule has 1 aliphatic carbocycles. The van der Waals surface area contributed by atoms with Gasteiger partial charge in [0, 0.05) is 74.5 Å². The van der Waals surface area contributed by atoms with Crippen LogP contribution in [-0.4, -0.2) is 50.5 Å². The smallest absolute Gasteiger partial charge is 0.230 e. The number of fused-ring (bicyclic) bond motifs is 2. The number of nitrogens with zero attached hydrogens (tertiary/aromatic N) is 4. The second-order valence-corrected chi connectivity index (χ2v) is 9.58. The third kappa shape index (κ3) is 4.75. The lowest BCUT2D eigenvalue weighted by Gasteiger charge is -2.33. The monoisotopic (exact) mass is 474 g/mol. The summed E-state index contributed by atoms with van der Waals surface area (Å²) in [6, 6.07) is 10.3. The number of nitrogens with two attached hydrogens (primary N) is 1. The summed E-state index contributed by atoms with van der Waals surface area (Å²) in [5.74, 6) is 0.981. The average Bonchev–Trinajstić information content (AvgIpc) is 3.06. The van der Waals surface area contributed by atoms with E-state index in [-0.39, 0.29) is 17.9 Å². The first-order valence-electron chi connectivity index (χ1n) is 12.4. The molecule has 1 fully saturated rings. The van der Waals surface area contributed by atoms with Gasteiger partial charge < -0.3 is 25.6 Å². The van der Waals surface area contributed by atoms with E-state index in [9.17, 15) is 4.79 Å². The van der Waals surface area contributed by atoms with Crippen LogP contribution in [0, 0.1) is 5.92 Å². The van der Waals surface area contributed by atoms with Crippen LogP contribution >= 0.6 is 0 Å². The number of hydrogen-bond acceptors (Lipinski definition) is 7. The van der Waals surface area contributed by atoms with E-state index >= 15 is 0 Å². The van der Waals surface area contributed by atoms with Gasteiger partial charge in [0.2, 0.25) is 5.91 Å². The molecule has 0 atom stereocenters. The Balaban J connectivity index is 1.49. The molecule has 8 nitrogen and oxygen atoms in total. The van der Waals surface area contributed by atoms with Crippen LogP contribution < -0.4 is 20.9 Å². The number of carbonyl (C=O) groups excluding carboxylic acids is 1. The van der Waals surface area contributed by atoms with Gasteiger partial charge in [-0.05, 0) is 49.9 Å². The van der Waals surface area contributed by atoms with Gasteiger partial charge in [0.05, 0.1) is 24.0 Å². The Morgan fingerprint density at radius 3 is 2.83 bits per heavy atom. The van der Waals surface area contributed by atoms with Crippen molar-refractivity contribution >= 4 is 35.0 Å². The number of aliphatic imine (C=N–C) groups is 1. The van der Waals surface area contributed by atoms with E-state index in [1.807, 2.05) is 23.2 Å². The summed E-state index contributed by atoms with van der Waals surface area (Å²) >= 11 is 0. The van der Waals surface area contributed by atoms with Crippen LogP contribution in [0.1, 0.15) is 37.7 Å². The molecule has 2 aromatic rings. The first-order valence-corrected chi connectivity index (χ1v) is 12.4. The van der Waals surface area contributed by atoms with Gasteiger partial charge in [-0.15, -0.1) is 0 Å². The second kappa shape index (κ2) is 10.1. The molecule has 8 heteroatoms. The fourth-order valence-corrected chi connectivity index (χ4v) is 5.37. The Morgan fingerprint density at radius 2 is 2.06 bits per heavy atom. The highest BCUT2D eigenvalue weighted by Gasteiger charge is 2.33. The van der Waals surface area contributed by atoms with E-state index in [0.717, 1.165) is 78.4 Å². The maximum absolute atomic E-state index is 13.9. The number of aromatic nitrogens is 1. The highest BCUT2D eigenvalue weighted by atomic mass is 16.5. The molecule has 0 bridgehead atoms. The molecular weight excluding hydrogens is 440 g/mol. The fraction of sp³-hybridized carbons (Fsp3) is 0.444. The zero-order valence-corrected chi connectivity index (χ0v) is 20.5. The molecule has 1 amide bonds. The number of rotatable bonds is 4. The summed E-state index contributed by atoms with van der Waals surface area (Å²) in [5, 5.41) is 3.48. The molecule has 0 saturated heterocycles. The predicted octanol–water partition coefficient (Wildman–Crippen LogP) is 4.00. The van der Waals surface area contributed by atoms with Crippen LogP contribution in [0.4, 0.5) is 22.9 Å². The first-order chi connectivity index (χ1) is 17.1. The molecule has 35 heavy (non-hydrogen) atoms. The largest absolute Gasteiger partial charge is 0.402 e. The number of methoxy groups -OCH3 is 1. The molecule has 5 rings (SSSR count). The van der Waals surface area contributed by atoms with Gasteiger partial charge in [-0.3, -0.25) is 9.79 Å². The number of benzene rings is 1. The van der Waals surface area contributed by atoms with Crippen molar-refractivity contribution in [2.75, 3.05) is 42.4 Å². The van der Waals surface area contributed by atoms with Gasteiger partial charge in [0.1, 0.15) is 5.82 Å². The Labute approximate surface area is 206 Å². The van der Waals surface area contributed by atoms with E-state index in [4.69, 9.17) is 10.5 Å². The van der Waals surface area contributed by atoms with Crippen molar-refractivity contribution in [2.24, 2.45) is 16.6 Å². The first kappa shape index (κ1) is 23.4. The fourth-order valence-electron chi connectivity index (χ4n) is 5.37. The zero-order valence-electron chi connectivity index (χ0n) is 20.5. The molecule has 0 spiro atoms. The minimum absolute atomic E-state index is 0.00112. The molecule has 0 radical (unpaired) electrons. The SMILES string of the molecule is CN=CC1=C(N)CCN(c2ccc3c(c2)N(C(=O)C2CCC(OC)CC2)Cc2cccnc2N3)C1. The predicted molar refractivity (Wildman–Crippen MR) is 140 cm³/mol. The lowest BCUT2D eigenvalue weighted by atomic mass is 9.86. The summed E-state index contributed by atoms with van der Waals surface area (Å²) < 4.78 is 5.53. The molecule has 1 aromatic heterocycles. The van der Waals surface area contributed by atoms with Gasteiger partial charge in [-0.25, -0.2) is 4.98 Å². The summed E-state index contributed by atoms with van der Waals surface area (Å²) in [6.07, 6.45) is 8.23. The van der Waals surface area contributed by atoms with Crippen LogP contribution in [0.5, 0.6) is 0 Å². The van der Waals surface area contributed by atoms with Gasteiger partial charge >= 0.3 is 0 Å². The van der Waals surface area contributed by atoms with Crippen LogP contribution in [0.25, 0.3) is 0 Å². The van der Waals surface area contributed by atoms with Crippen molar-refractivity contribution in [3.63, 3.8) is 0 Å². The highest BCUT2D eigenvalue weighted by molar-refractivity contribution is 6.00. The maximum Gasteiger partial charge on any atom is 0.230 e. The standard InChI is InChI=1S/C27H34N6O2/c1-29-15-20-16-32(13-11-23(20)28)21-7-10-24-25(14-21)33(17-19-4-3-12-30-26(19)31-24)27(34)18-5-8-22(35-2)9-6-18/h3-4,7,10,12,14-15,18,22H,5-6,8-9,11,13,16-17,28H2,1-2H3,(H,30,31). The van der Waals surface area contributed by atoms with Gasteiger partial charge in [-0.1, -0.05) is 6.07 Å². The maximum atomic E-state index is 13.9. The van der Waals surface area contributed by atoms with E-state index in [1.54, 1.807) is 20.4 Å². The van der Waals surface area contributed by atoms with E-state index in [2.05, 4.69) is 38.4 Å². The normalized spacial score (nSPS) is 22.5. The third-order valence-corrected chi connectivity index (χ3v) is 7.44. The van der Waals surface area contributed by atoms with Crippen LogP contribution in [0.3, 0.4) is 0 Å². The average molecular weight is 475 g/mol. The highest BCUT2D eigenvalue weighted by Crippen LogP contribution is 2.40. The Kier molecular flexibility index (Phi) is 6.72.